The predicted molar refractivity (Wildman–Crippen MR) is 82.7 cm³/mol. The molecule has 0 radical (unpaired) electrons. The Labute approximate surface area is 120 Å². The third kappa shape index (κ3) is 2.99. The van der Waals surface area contributed by atoms with Crippen LogP contribution in [0.4, 0.5) is 5.69 Å². The molecule has 1 unspecified atom stereocenters. The molecule has 2 aromatic carbocycles. The number of benzene rings is 2. The average molecular weight is 268 g/mol. The highest BCUT2D eigenvalue weighted by atomic mass is 16.2. The van der Waals surface area contributed by atoms with Gasteiger partial charge in [0.25, 0.3) is 0 Å². The van der Waals surface area contributed by atoms with E-state index in [1.807, 2.05) is 72.6 Å². The second-order valence-corrected chi connectivity index (χ2v) is 4.99. The van der Waals surface area contributed by atoms with Crippen molar-refractivity contribution in [3.8, 4) is 0 Å². The molecule has 0 spiro atoms. The van der Waals surface area contributed by atoms with Crippen LogP contribution in [0.25, 0.3) is 0 Å². The van der Waals surface area contributed by atoms with Gasteiger partial charge in [-0.25, -0.2) is 0 Å². The second kappa shape index (κ2) is 6.24. The summed E-state index contributed by atoms with van der Waals surface area (Å²) in [7, 11) is 5.53. The topological polar surface area (TPSA) is 23.6 Å². The third-order valence-corrected chi connectivity index (χ3v) is 3.34. The van der Waals surface area contributed by atoms with E-state index in [9.17, 15) is 4.79 Å². The smallest absolute Gasteiger partial charge is 0.249 e. The van der Waals surface area contributed by atoms with Gasteiger partial charge in [0, 0.05) is 26.8 Å². The molecule has 3 nitrogen and oxygen atoms in total. The quantitative estimate of drug-likeness (QED) is 0.851. The summed E-state index contributed by atoms with van der Waals surface area (Å²) >= 11 is 0. The van der Waals surface area contributed by atoms with Gasteiger partial charge in [0.15, 0.2) is 0 Å². The Morgan fingerprint density at radius 1 is 0.850 bits per heavy atom. The van der Waals surface area contributed by atoms with E-state index in [4.69, 9.17) is 0 Å². The first-order valence-corrected chi connectivity index (χ1v) is 6.65. The molecule has 0 bridgehead atoms. The number of carbonyl (C=O) groups excluding carboxylic acids is 1. The highest BCUT2D eigenvalue weighted by Gasteiger charge is 2.26. The molecule has 0 heterocycles. The molecule has 1 amide bonds. The number of likely N-dealkylation sites (N-methyl/N-ethyl adjacent to an activating group) is 2. The summed E-state index contributed by atoms with van der Waals surface area (Å²) in [6, 6.07) is 19.5. The zero-order valence-corrected chi connectivity index (χ0v) is 12.2. The van der Waals surface area contributed by atoms with Crippen molar-refractivity contribution in [2.75, 3.05) is 26.0 Å². The van der Waals surface area contributed by atoms with E-state index < -0.39 is 0 Å². The van der Waals surface area contributed by atoms with Crippen LogP contribution in [0.2, 0.25) is 0 Å². The lowest BCUT2D eigenvalue weighted by Crippen LogP contribution is -2.38. The van der Waals surface area contributed by atoms with Crippen molar-refractivity contribution < 1.29 is 4.79 Å². The number of para-hydroxylation sites is 1. The minimum atomic E-state index is -0.311. The SMILES string of the molecule is CN(C)C(=O)C(c1ccccc1)N(C)c1ccccc1. The van der Waals surface area contributed by atoms with Gasteiger partial charge >= 0.3 is 0 Å². The number of nitrogens with zero attached hydrogens (tertiary/aromatic N) is 2. The van der Waals surface area contributed by atoms with Crippen LogP contribution >= 0.6 is 0 Å². The lowest BCUT2D eigenvalue weighted by Gasteiger charge is -2.31. The zero-order valence-electron chi connectivity index (χ0n) is 12.2. The van der Waals surface area contributed by atoms with Crippen molar-refractivity contribution in [1.82, 2.24) is 4.90 Å². The molecule has 3 heteroatoms. The number of hydrogen-bond acceptors (Lipinski definition) is 2. The first kappa shape index (κ1) is 14.1. The molecule has 0 saturated heterocycles. The summed E-state index contributed by atoms with van der Waals surface area (Å²) in [4.78, 5) is 16.2. The molecule has 1 atom stereocenters. The largest absolute Gasteiger partial charge is 0.359 e. The van der Waals surface area contributed by atoms with Crippen molar-refractivity contribution >= 4 is 11.6 Å². The normalized spacial score (nSPS) is 11.8. The van der Waals surface area contributed by atoms with Gasteiger partial charge in [0.05, 0.1) is 0 Å². The van der Waals surface area contributed by atoms with Crippen molar-refractivity contribution in [1.29, 1.82) is 0 Å². The average Bonchev–Trinajstić information content (AvgIpc) is 2.49. The monoisotopic (exact) mass is 268 g/mol. The molecule has 2 aromatic rings. The Balaban J connectivity index is 2.40. The van der Waals surface area contributed by atoms with Crippen molar-refractivity contribution in [2.24, 2.45) is 0 Å². The Bertz CT molecular complexity index is 552. The maximum absolute atomic E-state index is 12.5. The lowest BCUT2D eigenvalue weighted by atomic mass is 10.0. The minimum Gasteiger partial charge on any atom is -0.359 e. The fourth-order valence-electron chi connectivity index (χ4n) is 2.22. The number of amides is 1. The molecular weight excluding hydrogens is 248 g/mol. The number of hydrogen-bond donors (Lipinski definition) is 0. The fourth-order valence-corrected chi connectivity index (χ4v) is 2.22. The highest BCUT2D eigenvalue weighted by molar-refractivity contribution is 5.86. The summed E-state index contributed by atoms with van der Waals surface area (Å²) in [5.74, 6) is 0.0718. The van der Waals surface area contributed by atoms with Crippen molar-refractivity contribution in [3.63, 3.8) is 0 Å². The molecule has 0 fully saturated rings. The maximum atomic E-state index is 12.5. The summed E-state index contributed by atoms with van der Waals surface area (Å²) in [5.41, 5.74) is 2.02. The standard InChI is InChI=1S/C17H20N2O/c1-18(2)17(20)16(14-10-6-4-7-11-14)19(3)15-12-8-5-9-13-15/h4-13,16H,1-3H3. The highest BCUT2D eigenvalue weighted by Crippen LogP contribution is 2.26. The fraction of sp³-hybridized carbons (Fsp3) is 0.235. The van der Waals surface area contributed by atoms with E-state index in [2.05, 4.69) is 0 Å². The van der Waals surface area contributed by atoms with Gasteiger partial charge in [-0.15, -0.1) is 0 Å². The first-order chi connectivity index (χ1) is 9.61. The molecule has 0 saturated carbocycles. The second-order valence-electron chi connectivity index (χ2n) is 4.99. The van der Waals surface area contributed by atoms with Crippen LogP contribution in [-0.2, 0) is 4.79 Å². The summed E-state index contributed by atoms with van der Waals surface area (Å²) in [5, 5.41) is 0. The molecule has 0 aliphatic heterocycles. The van der Waals surface area contributed by atoms with Crippen LogP contribution in [0.3, 0.4) is 0 Å². The van der Waals surface area contributed by atoms with Gasteiger partial charge in [0.1, 0.15) is 6.04 Å². The Morgan fingerprint density at radius 3 is 1.85 bits per heavy atom. The number of carbonyl (C=O) groups is 1. The van der Waals surface area contributed by atoms with Crippen LogP contribution in [0.5, 0.6) is 0 Å². The lowest BCUT2D eigenvalue weighted by molar-refractivity contribution is -0.130. The molecule has 0 aliphatic carbocycles. The van der Waals surface area contributed by atoms with Crippen LogP contribution < -0.4 is 4.90 Å². The van der Waals surface area contributed by atoms with Crippen LogP contribution in [0.1, 0.15) is 11.6 Å². The molecule has 2 rings (SSSR count). The summed E-state index contributed by atoms with van der Waals surface area (Å²) < 4.78 is 0. The zero-order chi connectivity index (χ0) is 14.5. The van der Waals surface area contributed by atoms with Gasteiger partial charge in [-0.05, 0) is 17.7 Å². The minimum absolute atomic E-state index is 0.0718. The predicted octanol–water partition coefficient (Wildman–Crippen LogP) is 2.95. The van der Waals surface area contributed by atoms with Gasteiger partial charge in [-0.2, -0.15) is 0 Å². The van der Waals surface area contributed by atoms with Crippen LogP contribution in [0, 0.1) is 0 Å². The first-order valence-electron chi connectivity index (χ1n) is 6.65. The maximum Gasteiger partial charge on any atom is 0.249 e. The molecule has 0 N–H and O–H groups in total. The Kier molecular flexibility index (Phi) is 4.41. The van der Waals surface area contributed by atoms with E-state index in [-0.39, 0.29) is 11.9 Å². The van der Waals surface area contributed by atoms with Crippen molar-refractivity contribution in [3.05, 3.63) is 66.2 Å². The van der Waals surface area contributed by atoms with E-state index in [0.717, 1.165) is 11.3 Å². The van der Waals surface area contributed by atoms with E-state index in [0.29, 0.717) is 0 Å². The van der Waals surface area contributed by atoms with Crippen LogP contribution in [0.15, 0.2) is 60.7 Å². The number of rotatable bonds is 4. The number of anilines is 1. The van der Waals surface area contributed by atoms with Gasteiger partial charge in [0.2, 0.25) is 5.91 Å². The van der Waals surface area contributed by atoms with E-state index in [1.165, 1.54) is 0 Å². The van der Waals surface area contributed by atoms with Gasteiger partial charge in [-0.3, -0.25) is 4.79 Å². The summed E-state index contributed by atoms with van der Waals surface area (Å²) in [6.45, 7) is 0. The third-order valence-electron chi connectivity index (χ3n) is 3.34. The Hall–Kier alpha value is -2.29. The molecular formula is C17H20N2O. The van der Waals surface area contributed by atoms with Crippen molar-refractivity contribution in [2.45, 2.75) is 6.04 Å². The van der Waals surface area contributed by atoms with Crippen LogP contribution in [-0.4, -0.2) is 32.0 Å². The van der Waals surface area contributed by atoms with Gasteiger partial charge in [-0.1, -0.05) is 48.5 Å². The van der Waals surface area contributed by atoms with E-state index >= 15 is 0 Å². The molecule has 0 aromatic heterocycles. The molecule has 0 aliphatic rings. The van der Waals surface area contributed by atoms with Gasteiger partial charge < -0.3 is 9.80 Å². The molecule has 104 valence electrons. The Morgan fingerprint density at radius 2 is 1.35 bits per heavy atom. The molecule has 20 heavy (non-hydrogen) atoms. The van der Waals surface area contributed by atoms with E-state index in [1.54, 1.807) is 19.0 Å². The summed E-state index contributed by atoms with van der Waals surface area (Å²) in [6.07, 6.45) is 0.